The highest BCUT2D eigenvalue weighted by Crippen LogP contribution is 2.14. The van der Waals surface area contributed by atoms with Gasteiger partial charge in [-0.3, -0.25) is 9.59 Å². The molecule has 2 heterocycles. The van der Waals surface area contributed by atoms with Crippen molar-refractivity contribution in [2.24, 2.45) is 0 Å². The molecule has 0 atom stereocenters. The summed E-state index contributed by atoms with van der Waals surface area (Å²) < 4.78 is 0. The average molecular weight is 322 g/mol. The minimum Gasteiger partial charge on any atom is -0.368 e. The number of nitrogens with zero attached hydrogens (tertiary/aromatic N) is 1. The van der Waals surface area contributed by atoms with Crippen LogP contribution >= 0.6 is 0 Å². The molecule has 3 aromatic rings. The Labute approximate surface area is 138 Å². The number of hydrogen-bond donors (Lipinski definition) is 3. The Morgan fingerprint density at radius 1 is 1.17 bits per heavy atom. The number of pyridine rings is 2. The van der Waals surface area contributed by atoms with Crippen molar-refractivity contribution in [2.75, 3.05) is 18.4 Å². The van der Waals surface area contributed by atoms with Crippen LogP contribution < -0.4 is 16.2 Å². The van der Waals surface area contributed by atoms with Gasteiger partial charge in [0.2, 0.25) is 5.56 Å². The predicted octanol–water partition coefficient (Wildman–Crippen LogP) is 2.07. The van der Waals surface area contributed by atoms with Gasteiger partial charge >= 0.3 is 0 Å². The Bertz CT molecular complexity index is 933. The molecule has 0 bridgehead atoms. The molecule has 0 aliphatic rings. The normalized spacial score (nSPS) is 10.5. The van der Waals surface area contributed by atoms with Crippen LogP contribution in [0.5, 0.6) is 0 Å². The van der Waals surface area contributed by atoms with Gasteiger partial charge in [0.1, 0.15) is 5.82 Å². The molecule has 0 saturated heterocycles. The molecule has 6 heteroatoms. The second-order valence-electron chi connectivity index (χ2n) is 5.47. The number of nitrogens with one attached hydrogen (secondary N) is 3. The quantitative estimate of drug-likeness (QED) is 0.628. The average Bonchev–Trinajstić information content (AvgIpc) is 2.58. The summed E-state index contributed by atoms with van der Waals surface area (Å²) >= 11 is 0. The van der Waals surface area contributed by atoms with Gasteiger partial charge in [0.25, 0.3) is 5.91 Å². The first kappa shape index (κ1) is 15.7. The van der Waals surface area contributed by atoms with E-state index in [1.807, 2.05) is 36.4 Å². The Hall–Kier alpha value is -3.15. The van der Waals surface area contributed by atoms with Gasteiger partial charge < -0.3 is 15.6 Å². The maximum atomic E-state index is 12.1. The van der Waals surface area contributed by atoms with Crippen LogP contribution in [0.4, 0.5) is 5.82 Å². The van der Waals surface area contributed by atoms with Crippen LogP contribution in [-0.2, 0) is 0 Å². The maximum Gasteiger partial charge on any atom is 0.253 e. The summed E-state index contributed by atoms with van der Waals surface area (Å²) in [4.78, 5) is 30.3. The van der Waals surface area contributed by atoms with E-state index in [0.717, 1.165) is 16.7 Å². The van der Waals surface area contributed by atoms with Crippen molar-refractivity contribution in [3.63, 3.8) is 0 Å². The van der Waals surface area contributed by atoms with Crippen LogP contribution in [0.25, 0.3) is 10.9 Å². The highest BCUT2D eigenvalue weighted by Gasteiger charge is 2.08. The highest BCUT2D eigenvalue weighted by molar-refractivity contribution is 5.95. The topological polar surface area (TPSA) is 86.9 Å². The molecule has 3 rings (SSSR count). The van der Waals surface area contributed by atoms with Crippen LogP contribution in [0.15, 0.2) is 53.5 Å². The predicted molar refractivity (Wildman–Crippen MR) is 94.4 cm³/mol. The van der Waals surface area contributed by atoms with E-state index in [1.165, 1.54) is 12.3 Å². The smallest absolute Gasteiger partial charge is 0.253 e. The van der Waals surface area contributed by atoms with Crippen molar-refractivity contribution >= 4 is 22.6 Å². The van der Waals surface area contributed by atoms with Crippen molar-refractivity contribution in [1.29, 1.82) is 0 Å². The summed E-state index contributed by atoms with van der Waals surface area (Å²) in [5.74, 6) is 0.556. The molecule has 0 fully saturated rings. The van der Waals surface area contributed by atoms with Crippen LogP contribution in [0.1, 0.15) is 15.9 Å². The Morgan fingerprint density at radius 3 is 2.83 bits per heavy atom. The lowest BCUT2D eigenvalue weighted by Crippen LogP contribution is -2.30. The lowest BCUT2D eigenvalue weighted by Gasteiger charge is -2.09. The minimum atomic E-state index is -0.215. The van der Waals surface area contributed by atoms with E-state index in [2.05, 4.69) is 20.6 Å². The number of aryl methyl sites for hydroxylation is 1. The second-order valence-corrected chi connectivity index (χ2v) is 5.47. The van der Waals surface area contributed by atoms with Crippen molar-refractivity contribution in [1.82, 2.24) is 15.3 Å². The van der Waals surface area contributed by atoms with E-state index in [4.69, 9.17) is 0 Å². The van der Waals surface area contributed by atoms with Gasteiger partial charge in [-0.05, 0) is 30.7 Å². The van der Waals surface area contributed by atoms with Crippen LogP contribution in [0, 0.1) is 6.92 Å². The van der Waals surface area contributed by atoms with E-state index in [1.54, 1.807) is 6.92 Å². The van der Waals surface area contributed by atoms with Gasteiger partial charge in [0, 0.05) is 30.7 Å². The fourth-order valence-corrected chi connectivity index (χ4v) is 2.44. The summed E-state index contributed by atoms with van der Waals surface area (Å²) in [5, 5.41) is 7.09. The molecule has 0 saturated carbocycles. The second kappa shape index (κ2) is 6.95. The number of amides is 1. The number of benzene rings is 1. The third kappa shape index (κ3) is 3.60. The first-order chi connectivity index (χ1) is 11.6. The summed E-state index contributed by atoms with van der Waals surface area (Å²) in [7, 11) is 0. The van der Waals surface area contributed by atoms with Gasteiger partial charge in [-0.1, -0.05) is 18.2 Å². The number of para-hydroxylation sites is 1. The maximum absolute atomic E-state index is 12.1. The van der Waals surface area contributed by atoms with E-state index in [9.17, 15) is 9.59 Å². The molecule has 0 aliphatic carbocycles. The van der Waals surface area contributed by atoms with Crippen molar-refractivity contribution in [3.8, 4) is 0 Å². The molecule has 1 amide bonds. The molecule has 24 heavy (non-hydrogen) atoms. The number of carbonyl (C=O) groups is 1. The number of H-pyrrole nitrogens is 1. The standard InChI is InChI=1S/C18H18N4O2/c1-12-10-17(23)21-11-14(12)18(24)20-9-8-19-16-7-6-13-4-2-3-5-15(13)22-16/h2-7,10-11H,8-9H2,1H3,(H,19,22)(H,20,24)(H,21,23). The summed E-state index contributed by atoms with van der Waals surface area (Å²) in [6.07, 6.45) is 1.44. The van der Waals surface area contributed by atoms with Crippen LogP contribution in [0.2, 0.25) is 0 Å². The van der Waals surface area contributed by atoms with Gasteiger partial charge in [-0.15, -0.1) is 0 Å². The fraction of sp³-hybridized carbons (Fsp3) is 0.167. The number of fused-ring (bicyclic) bond motifs is 1. The third-order valence-corrected chi connectivity index (χ3v) is 3.69. The zero-order chi connectivity index (χ0) is 16.9. The monoisotopic (exact) mass is 322 g/mol. The zero-order valence-electron chi connectivity index (χ0n) is 13.3. The van der Waals surface area contributed by atoms with Crippen molar-refractivity contribution in [3.05, 3.63) is 70.1 Å². The van der Waals surface area contributed by atoms with Crippen LogP contribution in [0.3, 0.4) is 0 Å². The van der Waals surface area contributed by atoms with Gasteiger partial charge in [0.15, 0.2) is 0 Å². The SMILES string of the molecule is Cc1cc(=O)[nH]cc1C(=O)NCCNc1ccc2ccccc2n1. The number of rotatable bonds is 5. The fourth-order valence-electron chi connectivity index (χ4n) is 2.44. The van der Waals surface area contributed by atoms with Gasteiger partial charge in [0.05, 0.1) is 11.1 Å². The minimum absolute atomic E-state index is 0.211. The molecule has 6 nitrogen and oxygen atoms in total. The molecular formula is C18H18N4O2. The van der Waals surface area contributed by atoms with Gasteiger partial charge in [-0.2, -0.15) is 0 Å². The lowest BCUT2D eigenvalue weighted by atomic mass is 10.1. The Morgan fingerprint density at radius 2 is 2.00 bits per heavy atom. The number of aromatic nitrogens is 2. The molecule has 3 N–H and O–H groups in total. The zero-order valence-corrected chi connectivity index (χ0v) is 13.3. The van der Waals surface area contributed by atoms with Gasteiger partial charge in [-0.25, -0.2) is 4.98 Å². The van der Waals surface area contributed by atoms with Crippen molar-refractivity contribution in [2.45, 2.75) is 6.92 Å². The Kier molecular flexibility index (Phi) is 4.56. The molecule has 0 spiro atoms. The highest BCUT2D eigenvalue weighted by atomic mass is 16.1. The summed E-state index contributed by atoms with van der Waals surface area (Å²) in [6.45, 7) is 2.74. The lowest BCUT2D eigenvalue weighted by molar-refractivity contribution is 0.0954. The third-order valence-electron chi connectivity index (χ3n) is 3.69. The molecular weight excluding hydrogens is 304 g/mol. The number of hydrogen-bond acceptors (Lipinski definition) is 4. The largest absolute Gasteiger partial charge is 0.368 e. The van der Waals surface area contributed by atoms with E-state index in [-0.39, 0.29) is 11.5 Å². The van der Waals surface area contributed by atoms with Crippen molar-refractivity contribution < 1.29 is 4.79 Å². The van der Waals surface area contributed by atoms with E-state index < -0.39 is 0 Å². The number of aromatic amines is 1. The molecule has 0 radical (unpaired) electrons. The first-order valence-corrected chi connectivity index (χ1v) is 7.71. The Balaban J connectivity index is 1.54. The number of carbonyl (C=O) groups excluding carboxylic acids is 1. The molecule has 0 unspecified atom stereocenters. The first-order valence-electron chi connectivity index (χ1n) is 7.71. The van der Waals surface area contributed by atoms with Crippen LogP contribution in [-0.4, -0.2) is 29.0 Å². The molecule has 122 valence electrons. The van der Waals surface area contributed by atoms with E-state index in [0.29, 0.717) is 24.2 Å². The molecule has 2 aromatic heterocycles. The molecule has 0 aliphatic heterocycles. The molecule has 1 aromatic carbocycles. The number of anilines is 1. The van der Waals surface area contributed by atoms with E-state index >= 15 is 0 Å². The summed E-state index contributed by atoms with van der Waals surface area (Å²) in [6, 6.07) is 13.2. The summed E-state index contributed by atoms with van der Waals surface area (Å²) in [5.41, 5.74) is 1.84.